The highest BCUT2D eigenvalue weighted by Gasteiger charge is 2.43. The summed E-state index contributed by atoms with van der Waals surface area (Å²) >= 11 is 0. The molecule has 1 saturated heterocycles. The lowest BCUT2D eigenvalue weighted by atomic mass is 9.95. The van der Waals surface area contributed by atoms with Gasteiger partial charge in [0.1, 0.15) is 11.5 Å². The van der Waals surface area contributed by atoms with E-state index >= 15 is 0 Å². The largest absolute Gasteiger partial charge is 0.383 e. The topological polar surface area (TPSA) is 115 Å². The first-order chi connectivity index (χ1) is 17.0. The molecule has 35 heavy (non-hydrogen) atoms. The summed E-state index contributed by atoms with van der Waals surface area (Å²) in [4.78, 5) is 25.1. The van der Waals surface area contributed by atoms with Gasteiger partial charge in [-0.3, -0.25) is 4.79 Å². The second kappa shape index (κ2) is 9.68. The van der Waals surface area contributed by atoms with Crippen LogP contribution in [0.2, 0.25) is 0 Å². The van der Waals surface area contributed by atoms with E-state index in [0.29, 0.717) is 30.2 Å². The zero-order valence-electron chi connectivity index (χ0n) is 20.2. The summed E-state index contributed by atoms with van der Waals surface area (Å²) in [7, 11) is 1.64. The monoisotopic (exact) mass is 473 g/mol. The number of carbonyl (C=O) groups excluding carboxylic acids is 1. The lowest BCUT2D eigenvalue weighted by Gasteiger charge is -2.20. The highest BCUT2D eigenvalue weighted by atomic mass is 16.5. The molecule has 8 heteroatoms. The number of nitrogens with one attached hydrogen (secondary N) is 2. The van der Waals surface area contributed by atoms with Gasteiger partial charge in [0, 0.05) is 31.4 Å². The Morgan fingerprint density at radius 1 is 1.29 bits per heavy atom. The summed E-state index contributed by atoms with van der Waals surface area (Å²) < 4.78 is 10.9. The Labute approximate surface area is 205 Å². The first-order valence-electron chi connectivity index (χ1n) is 12.2. The van der Waals surface area contributed by atoms with Crippen molar-refractivity contribution in [3.8, 4) is 11.8 Å². The van der Waals surface area contributed by atoms with Crippen LogP contribution in [0.1, 0.15) is 72.9 Å². The second-order valence-electron chi connectivity index (χ2n) is 9.67. The number of H-pyrrole nitrogens is 1. The summed E-state index contributed by atoms with van der Waals surface area (Å²) in [5, 5.41) is 3.61. The Bertz CT molecular complexity index is 1290. The van der Waals surface area contributed by atoms with Crippen LogP contribution >= 0.6 is 0 Å². The molecule has 182 valence electrons. The van der Waals surface area contributed by atoms with Crippen LogP contribution in [0.3, 0.4) is 0 Å². The van der Waals surface area contributed by atoms with Crippen molar-refractivity contribution in [2.75, 3.05) is 24.8 Å². The first-order valence-corrected chi connectivity index (χ1v) is 12.2. The minimum absolute atomic E-state index is 0.00515. The van der Waals surface area contributed by atoms with Gasteiger partial charge >= 0.3 is 0 Å². The number of aromatic amines is 1. The molecule has 1 unspecified atom stereocenters. The minimum atomic E-state index is -0.422. The quantitative estimate of drug-likeness (QED) is 0.460. The molecule has 4 N–H and O–H groups in total. The van der Waals surface area contributed by atoms with Gasteiger partial charge in [0.25, 0.3) is 5.91 Å². The number of carbonyl (C=O) groups is 1. The van der Waals surface area contributed by atoms with Crippen molar-refractivity contribution in [1.82, 2.24) is 15.0 Å². The number of amides is 1. The summed E-state index contributed by atoms with van der Waals surface area (Å²) in [6.07, 6.45) is 6.38. The molecule has 0 spiro atoms. The van der Waals surface area contributed by atoms with Crippen molar-refractivity contribution in [3.63, 3.8) is 0 Å². The summed E-state index contributed by atoms with van der Waals surface area (Å²) in [5.74, 6) is 6.48. The van der Waals surface area contributed by atoms with Crippen LogP contribution in [-0.4, -0.2) is 40.7 Å². The molecule has 0 bridgehead atoms. The van der Waals surface area contributed by atoms with Crippen molar-refractivity contribution in [2.45, 2.75) is 63.6 Å². The smallest absolute Gasteiger partial charge is 0.293 e. The fourth-order valence-corrected chi connectivity index (χ4v) is 4.62. The molecule has 2 aliphatic rings. The van der Waals surface area contributed by atoms with Gasteiger partial charge in [-0.1, -0.05) is 25.0 Å². The molecule has 2 aromatic heterocycles. The average molecular weight is 474 g/mol. The number of methoxy groups -OCH3 is 1. The van der Waals surface area contributed by atoms with Crippen molar-refractivity contribution >= 4 is 28.4 Å². The van der Waals surface area contributed by atoms with Crippen LogP contribution in [0.5, 0.6) is 0 Å². The van der Waals surface area contributed by atoms with E-state index in [0.717, 1.165) is 54.5 Å². The normalized spacial score (nSPS) is 18.6. The molecule has 8 nitrogen and oxygen atoms in total. The summed E-state index contributed by atoms with van der Waals surface area (Å²) in [5.41, 5.74) is 10.5. The van der Waals surface area contributed by atoms with Gasteiger partial charge in [-0.25, -0.2) is 9.97 Å². The lowest BCUT2D eigenvalue weighted by Crippen LogP contribution is -2.18. The van der Waals surface area contributed by atoms with Gasteiger partial charge in [0.15, 0.2) is 0 Å². The molecule has 1 aromatic carbocycles. The molecular weight excluding hydrogens is 442 g/mol. The van der Waals surface area contributed by atoms with E-state index < -0.39 is 5.91 Å². The maximum absolute atomic E-state index is 12.9. The van der Waals surface area contributed by atoms with E-state index in [1.165, 1.54) is 6.42 Å². The fraction of sp³-hybridized carbons (Fsp3) is 0.444. The molecule has 1 saturated carbocycles. The predicted molar refractivity (Wildman–Crippen MR) is 135 cm³/mol. The van der Waals surface area contributed by atoms with E-state index in [1.807, 2.05) is 24.3 Å². The van der Waals surface area contributed by atoms with Crippen LogP contribution in [0.4, 0.5) is 11.5 Å². The SMILES string of the molecule is COCc1ccc(NC(=O)c2nc(N)c3c(C4(C)CC4)c(C#CCC4CCCCO4)[nH]c3n2)cc1. The number of nitrogen functional groups attached to an aromatic ring is 1. The Hall–Kier alpha value is -3.41. The first kappa shape index (κ1) is 23.3. The van der Waals surface area contributed by atoms with Crippen LogP contribution < -0.4 is 11.1 Å². The Balaban J connectivity index is 1.42. The fourth-order valence-electron chi connectivity index (χ4n) is 4.62. The maximum atomic E-state index is 12.9. The molecule has 0 radical (unpaired) electrons. The average Bonchev–Trinajstić information content (AvgIpc) is 3.48. The molecule has 1 aliphatic heterocycles. The molecule has 1 atom stereocenters. The summed E-state index contributed by atoms with van der Waals surface area (Å²) in [6.45, 7) is 3.53. The molecule has 1 aliphatic carbocycles. The van der Waals surface area contributed by atoms with Crippen LogP contribution in [0.25, 0.3) is 11.0 Å². The van der Waals surface area contributed by atoms with Gasteiger partial charge in [0.2, 0.25) is 5.82 Å². The number of aromatic nitrogens is 3. The zero-order valence-corrected chi connectivity index (χ0v) is 20.2. The second-order valence-corrected chi connectivity index (χ2v) is 9.67. The number of benzene rings is 1. The molecule has 1 amide bonds. The standard InChI is InChI=1S/C27H31N5O3/c1-27(13-14-27)22-20(8-5-7-19-6-3-4-15-35-19)30-24-21(22)23(28)31-25(32-24)26(33)29-18-11-9-17(10-12-18)16-34-2/h9-12,19H,3-4,6-7,13-16H2,1-2H3,(H,29,33)(H3,28,30,31,32). The zero-order chi connectivity index (χ0) is 24.4. The van der Waals surface area contributed by atoms with Gasteiger partial charge in [-0.05, 0) is 61.1 Å². The molecule has 2 fully saturated rings. The van der Waals surface area contributed by atoms with E-state index in [4.69, 9.17) is 15.2 Å². The Kier molecular flexibility index (Phi) is 6.46. The van der Waals surface area contributed by atoms with E-state index in [2.05, 4.69) is 39.0 Å². The number of nitrogens with zero attached hydrogens (tertiary/aromatic N) is 2. The highest BCUT2D eigenvalue weighted by Crippen LogP contribution is 2.51. The van der Waals surface area contributed by atoms with Crippen LogP contribution in [0, 0.1) is 11.8 Å². The molecule has 5 rings (SSSR count). The number of anilines is 2. The number of ether oxygens (including phenoxy) is 2. The molecule has 3 heterocycles. The third-order valence-corrected chi connectivity index (χ3v) is 6.83. The van der Waals surface area contributed by atoms with Crippen molar-refractivity contribution < 1.29 is 14.3 Å². The Morgan fingerprint density at radius 3 is 2.77 bits per heavy atom. The van der Waals surface area contributed by atoms with Crippen LogP contribution in [0.15, 0.2) is 24.3 Å². The van der Waals surface area contributed by atoms with Crippen molar-refractivity contribution in [2.24, 2.45) is 0 Å². The number of hydrogen-bond acceptors (Lipinski definition) is 6. The summed E-state index contributed by atoms with van der Waals surface area (Å²) in [6, 6.07) is 7.43. The van der Waals surface area contributed by atoms with E-state index in [1.54, 1.807) is 7.11 Å². The predicted octanol–water partition coefficient (Wildman–Crippen LogP) is 4.30. The molecular formula is C27H31N5O3. The number of rotatable bonds is 6. The number of fused-ring (bicyclic) bond motifs is 1. The highest BCUT2D eigenvalue weighted by molar-refractivity contribution is 6.04. The van der Waals surface area contributed by atoms with E-state index in [-0.39, 0.29) is 17.3 Å². The van der Waals surface area contributed by atoms with Crippen LogP contribution in [-0.2, 0) is 21.5 Å². The lowest BCUT2D eigenvalue weighted by molar-refractivity contribution is 0.0197. The van der Waals surface area contributed by atoms with Gasteiger partial charge in [-0.15, -0.1) is 0 Å². The van der Waals surface area contributed by atoms with Gasteiger partial charge < -0.3 is 25.5 Å². The van der Waals surface area contributed by atoms with Gasteiger partial charge in [0.05, 0.1) is 23.8 Å². The molecule has 3 aromatic rings. The van der Waals surface area contributed by atoms with E-state index in [9.17, 15) is 4.79 Å². The van der Waals surface area contributed by atoms with Crippen molar-refractivity contribution in [3.05, 3.63) is 46.9 Å². The number of nitrogens with two attached hydrogens (primary N) is 1. The Morgan fingerprint density at radius 2 is 2.09 bits per heavy atom. The third-order valence-electron chi connectivity index (χ3n) is 6.83. The number of hydrogen-bond donors (Lipinski definition) is 3. The minimum Gasteiger partial charge on any atom is -0.383 e. The third kappa shape index (κ3) is 5.02. The van der Waals surface area contributed by atoms with Gasteiger partial charge in [-0.2, -0.15) is 0 Å². The van der Waals surface area contributed by atoms with Crippen molar-refractivity contribution in [1.29, 1.82) is 0 Å². The maximum Gasteiger partial charge on any atom is 0.293 e.